The van der Waals surface area contributed by atoms with Gasteiger partial charge in [0.2, 0.25) is 0 Å². The highest BCUT2D eigenvalue weighted by molar-refractivity contribution is 7.68. The maximum Gasteiger partial charge on any atom is 0.144 e. The van der Waals surface area contributed by atoms with Gasteiger partial charge in [-0.05, 0) is 57.5 Å². The van der Waals surface area contributed by atoms with E-state index in [1.807, 2.05) is 37.3 Å². The van der Waals surface area contributed by atoms with E-state index < -0.39 is 0 Å². The minimum Gasteiger partial charge on any atom is -0.494 e. The van der Waals surface area contributed by atoms with Crippen LogP contribution in [0, 0.1) is 0 Å². The van der Waals surface area contributed by atoms with Crippen LogP contribution in [-0.2, 0) is 5.54 Å². The first-order chi connectivity index (χ1) is 14.0. The van der Waals surface area contributed by atoms with Gasteiger partial charge in [-0.3, -0.25) is 0 Å². The Morgan fingerprint density at radius 1 is 1.03 bits per heavy atom. The van der Waals surface area contributed by atoms with E-state index in [9.17, 15) is 0 Å². The molecule has 6 heteroatoms. The summed E-state index contributed by atoms with van der Waals surface area (Å²) in [5.41, 5.74) is 4.18. The number of hydrogen-bond donors (Lipinski definition) is 1. The third-order valence-corrected chi connectivity index (χ3v) is 7.42. The van der Waals surface area contributed by atoms with Gasteiger partial charge in [0.1, 0.15) is 21.9 Å². The summed E-state index contributed by atoms with van der Waals surface area (Å²) in [5.74, 6) is 1.71. The van der Waals surface area contributed by atoms with Crippen molar-refractivity contribution >= 4 is 32.1 Å². The highest BCUT2D eigenvalue weighted by atomic mass is 32.9. The van der Waals surface area contributed by atoms with Gasteiger partial charge in [-0.15, -0.1) is 0 Å². The van der Waals surface area contributed by atoms with Crippen molar-refractivity contribution in [3.8, 4) is 22.6 Å². The SMILES string of the molecule is CCCOc1ccccc1N=c1ssc2c1-c1cc(OCC)ccc1NC2(C)C. The monoisotopic (exact) mass is 426 g/mol. The summed E-state index contributed by atoms with van der Waals surface area (Å²) in [6.07, 6.45) is 0.970. The smallest absolute Gasteiger partial charge is 0.144 e. The van der Waals surface area contributed by atoms with Gasteiger partial charge >= 0.3 is 0 Å². The zero-order chi connectivity index (χ0) is 20.4. The molecule has 0 saturated carbocycles. The van der Waals surface area contributed by atoms with Crippen molar-refractivity contribution in [2.75, 3.05) is 18.5 Å². The van der Waals surface area contributed by atoms with Crippen LogP contribution in [0.4, 0.5) is 11.4 Å². The van der Waals surface area contributed by atoms with Crippen LogP contribution in [0.3, 0.4) is 0 Å². The van der Waals surface area contributed by atoms with Crippen LogP contribution in [0.5, 0.6) is 11.5 Å². The van der Waals surface area contributed by atoms with Gasteiger partial charge in [0, 0.05) is 16.8 Å². The van der Waals surface area contributed by atoms with Crippen molar-refractivity contribution in [1.29, 1.82) is 0 Å². The van der Waals surface area contributed by atoms with Crippen LogP contribution in [0.1, 0.15) is 39.0 Å². The second-order valence-electron chi connectivity index (χ2n) is 7.49. The van der Waals surface area contributed by atoms with Crippen LogP contribution in [0.25, 0.3) is 11.1 Å². The fraction of sp³-hybridized carbons (Fsp3) is 0.348. The Morgan fingerprint density at radius 3 is 2.66 bits per heavy atom. The summed E-state index contributed by atoms with van der Waals surface area (Å²) in [6, 6.07) is 14.3. The lowest BCUT2D eigenvalue weighted by atomic mass is 9.90. The molecule has 3 aromatic rings. The third-order valence-electron chi connectivity index (χ3n) is 4.78. The number of nitrogens with zero attached hydrogens (tertiary/aromatic N) is 1. The van der Waals surface area contributed by atoms with Crippen molar-refractivity contribution in [2.45, 2.75) is 39.7 Å². The zero-order valence-corrected chi connectivity index (χ0v) is 18.9. The molecule has 4 rings (SSSR count). The topological polar surface area (TPSA) is 42.9 Å². The Kier molecular flexibility index (Phi) is 5.65. The van der Waals surface area contributed by atoms with Gasteiger partial charge < -0.3 is 14.8 Å². The van der Waals surface area contributed by atoms with E-state index in [0.29, 0.717) is 13.2 Å². The molecule has 2 aromatic carbocycles. The fourth-order valence-corrected chi connectivity index (χ4v) is 6.40. The van der Waals surface area contributed by atoms with Crippen LogP contribution < -0.4 is 19.5 Å². The summed E-state index contributed by atoms with van der Waals surface area (Å²) < 4.78 is 12.7. The summed E-state index contributed by atoms with van der Waals surface area (Å²) in [7, 11) is 3.50. The molecule has 152 valence electrons. The van der Waals surface area contributed by atoms with Crippen LogP contribution in [0.2, 0.25) is 0 Å². The van der Waals surface area contributed by atoms with E-state index in [1.54, 1.807) is 20.7 Å². The number of ether oxygens (including phenoxy) is 2. The number of rotatable bonds is 6. The zero-order valence-electron chi connectivity index (χ0n) is 17.2. The molecule has 0 amide bonds. The molecule has 0 saturated heterocycles. The number of para-hydroxylation sites is 2. The average molecular weight is 427 g/mol. The lowest BCUT2D eigenvalue weighted by molar-refractivity contribution is 0.318. The van der Waals surface area contributed by atoms with Gasteiger partial charge in [-0.2, -0.15) is 0 Å². The molecule has 0 fully saturated rings. The summed E-state index contributed by atoms with van der Waals surface area (Å²) in [4.78, 5) is 6.34. The fourth-order valence-electron chi connectivity index (χ4n) is 3.47. The van der Waals surface area contributed by atoms with Crippen molar-refractivity contribution in [3.05, 3.63) is 52.0 Å². The van der Waals surface area contributed by atoms with Crippen LogP contribution in [-0.4, -0.2) is 13.2 Å². The second kappa shape index (κ2) is 8.20. The first-order valence-electron chi connectivity index (χ1n) is 9.99. The number of fused-ring (bicyclic) bond motifs is 3. The number of benzene rings is 2. The Labute approximate surface area is 179 Å². The van der Waals surface area contributed by atoms with Crippen molar-refractivity contribution in [1.82, 2.24) is 0 Å². The normalized spacial score (nSPS) is 14.7. The Morgan fingerprint density at radius 2 is 1.86 bits per heavy atom. The molecule has 0 radical (unpaired) electrons. The van der Waals surface area contributed by atoms with E-state index in [1.165, 1.54) is 10.4 Å². The average Bonchev–Trinajstić information content (AvgIpc) is 3.13. The van der Waals surface area contributed by atoms with Crippen molar-refractivity contribution < 1.29 is 9.47 Å². The van der Waals surface area contributed by atoms with E-state index in [-0.39, 0.29) is 5.54 Å². The quantitative estimate of drug-likeness (QED) is 0.454. The standard InChI is InChI=1S/C23H26N2O2S2/c1-5-13-27-19-10-8-7-9-18(19)24-22-20-16-14-15(26-6-2)11-12-17(16)25-23(3,4)21(20)28-29-22/h7-12,14,25H,5-6,13H2,1-4H3. The predicted octanol–water partition coefficient (Wildman–Crippen LogP) is 6.56. The van der Waals surface area contributed by atoms with E-state index >= 15 is 0 Å². The van der Waals surface area contributed by atoms with E-state index in [2.05, 4.69) is 38.2 Å². The molecule has 4 nitrogen and oxygen atoms in total. The molecular weight excluding hydrogens is 400 g/mol. The first-order valence-corrected chi connectivity index (χ1v) is 12.1. The molecule has 0 spiro atoms. The summed E-state index contributed by atoms with van der Waals surface area (Å²) in [6.45, 7) is 9.89. The summed E-state index contributed by atoms with van der Waals surface area (Å²) >= 11 is 0. The molecular formula is C23H26N2O2S2. The second-order valence-corrected chi connectivity index (χ2v) is 9.62. The molecule has 0 bridgehead atoms. The molecule has 29 heavy (non-hydrogen) atoms. The number of hydrogen-bond acceptors (Lipinski definition) is 6. The van der Waals surface area contributed by atoms with E-state index in [0.717, 1.165) is 39.5 Å². The number of anilines is 1. The van der Waals surface area contributed by atoms with Gasteiger partial charge in [-0.25, -0.2) is 4.99 Å². The van der Waals surface area contributed by atoms with Crippen LogP contribution in [0.15, 0.2) is 47.5 Å². The van der Waals surface area contributed by atoms with Gasteiger partial charge in [0.25, 0.3) is 0 Å². The van der Waals surface area contributed by atoms with Crippen molar-refractivity contribution in [3.63, 3.8) is 0 Å². The lowest BCUT2D eigenvalue weighted by Gasteiger charge is -2.33. The Balaban J connectivity index is 1.89. The Bertz CT molecular complexity index is 1080. The predicted molar refractivity (Wildman–Crippen MR) is 123 cm³/mol. The highest BCUT2D eigenvalue weighted by Crippen LogP contribution is 2.46. The van der Waals surface area contributed by atoms with E-state index in [4.69, 9.17) is 14.5 Å². The van der Waals surface area contributed by atoms with Gasteiger partial charge in [-0.1, -0.05) is 39.7 Å². The molecule has 1 N–H and O–H groups in total. The lowest BCUT2D eigenvalue weighted by Crippen LogP contribution is -2.31. The molecule has 0 unspecified atom stereocenters. The molecule has 0 atom stereocenters. The molecule has 1 aromatic heterocycles. The highest BCUT2D eigenvalue weighted by Gasteiger charge is 2.33. The maximum absolute atomic E-state index is 5.92. The number of nitrogens with one attached hydrogen (secondary N) is 1. The minimum absolute atomic E-state index is 0.150. The maximum atomic E-state index is 5.92. The molecule has 2 heterocycles. The first kappa shape index (κ1) is 20.0. The van der Waals surface area contributed by atoms with Crippen LogP contribution >= 0.6 is 20.7 Å². The Hall–Kier alpha value is -2.31. The molecule has 1 aliphatic rings. The molecule has 0 aliphatic carbocycles. The van der Waals surface area contributed by atoms with Gasteiger partial charge in [0.05, 0.1) is 23.6 Å². The molecule has 1 aliphatic heterocycles. The van der Waals surface area contributed by atoms with Gasteiger partial charge in [0.15, 0.2) is 0 Å². The van der Waals surface area contributed by atoms with Crippen molar-refractivity contribution in [2.24, 2.45) is 4.99 Å². The summed E-state index contributed by atoms with van der Waals surface area (Å²) in [5, 5.41) is 3.67. The largest absolute Gasteiger partial charge is 0.494 e. The third kappa shape index (κ3) is 3.91. The minimum atomic E-state index is -0.150.